The van der Waals surface area contributed by atoms with Gasteiger partial charge < -0.3 is 15.0 Å². The van der Waals surface area contributed by atoms with E-state index in [1.54, 1.807) is 0 Å². The zero-order chi connectivity index (χ0) is 14.9. The number of hydrogen-bond donors (Lipinski definition) is 1. The average molecular weight is 290 g/mol. The Labute approximate surface area is 111 Å². The van der Waals surface area contributed by atoms with Crippen molar-refractivity contribution in [1.82, 2.24) is 5.16 Å². The molecule has 0 amide bonds. The van der Waals surface area contributed by atoms with Crippen LogP contribution in [0.5, 0.6) is 5.75 Å². The molecule has 1 unspecified atom stereocenters. The molecule has 20 heavy (non-hydrogen) atoms. The van der Waals surface area contributed by atoms with Crippen molar-refractivity contribution >= 4 is 5.69 Å². The lowest BCUT2D eigenvalue weighted by Crippen LogP contribution is -2.26. The molecule has 1 atom stereocenters. The molecule has 4 nitrogen and oxygen atoms in total. The molecule has 2 N–H and O–H groups in total. The van der Waals surface area contributed by atoms with Crippen LogP contribution in [0, 0.1) is 12.7 Å². The van der Waals surface area contributed by atoms with Gasteiger partial charge in [0.1, 0.15) is 11.6 Å². The van der Waals surface area contributed by atoms with E-state index in [0.717, 1.165) is 24.3 Å². The summed E-state index contributed by atoms with van der Waals surface area (Å²) >= 11 is 0. The highest BCUT2D eigenvalue weighted by Crippen LogP contribution is 2.38. The van der Waals surface area contributed by atoms with Gasteiger partial charge in [0.15, 0.2) is 5.76 Å². The zero-order valence-corrected chi connectivity index (χ0v) is 10.2. The highest BCUT2D eigenvalue weighted by atomic mass is 19.4. The summed E-state index contributed by atoms with van der Waals surface area (Å²) in [7, 11) is 0. The maximum atomic E-state index is 13.0. The molecule has 2 rings (SSSR count). The van der Waals surface area contributed by atoms with E-state index in [-0.39, 0.29) is 11.4 Å². The van der Waals surface area contributed by atoms with Crippen molar-refractivity contribution < 1.29 is 26.8 Å². The van der Waals surface area contributed by atoms with Crippen LogP contribution in [0.1, 0.15) is 17.6 Å². The Morgan fingerprint density at radius 1 is 1.30 bits per heavy atom. The van der Waals surface area contributed by atoms with Crippen molar-refractivity contribution in [2.45, 2.75) is 19.2 Å². The van der Waals surface area contributed by atoms with Gasteiger partial charge in [0, 0.05) is 12.1 Å². The van der Waals surface area contributed by atoms with Gasteiger partial charge in [0.2, 0.25) is 0 Å². The number of nitrogen functional groups attached to an aromatic ring is 1. The first-order valence-electron chi connectivity index (χ1n) is 5.49. The van der Waals surface area contributed by atoms with Crippen LogP contribution >= 0.6 is 0 Å². The van der Waals surface area contributed by atoms with Gasteiger partial charge in [-0.05, 0) is 19.1 Å². The molecule has 0 radical (unpaired) electrons. The van der Waals surface area contributed by atoms with Crippen molar-refractivity contribution in [3.63, 3.8) is 0 Å². The van der Waals surface area contributed by atoms with Gasteiger partial charge in [0.25, 0.3) is 6.10 Å². The normalized spacial score (nSPS) is 13.2. The van der Waals surface area contributed by atoms with Crippen LogP contribution in [0.3, 0.4) is 0 Å². The smallest absolute Gasteiger partial charge is 0.432 e. The molecule has 0 aliphatic rings. The van der Waals surface area contributed by atoms with Crippen molar-refractivity contribution in [3.05, 3.63) is 41.5 Å². The molecule has 0 fully saturated rings. The second-order valence-corrected chi connectivity index (χ2v) is 4.09. The molecule has 1 aromatic carbocycles. The fraction of sp³-hybridized carbons (Fsp3) is 0.250. The molecule has 0 aliphatic heterocycles. The van der Waals surface area contributed by atoms with E-state index >= 15 is 0 Å². The highest BCUT2D eigenvalue weighted by molar-refractivity contribution is 5.52. The maximum Gasteiger partial charge on any atom is 0.432 e. The van der Waals surface area contributed by atoms with Crippen molar-refractivity contribution in [2.24, 2.45) is 0 Å². The number of alkyl halides is 3. The quantitative estimate of drug-likeness (QED) is 0.695. The van der Waals surface area contributed by atoms with Crippen molar-refractivity contribution in [1.29, 1.82) is 0 Å². The first-order valence-corrected chi connectivity index (χ1v) is 5.49. The second-order valence-electron chi connectivity index (χ2n) is 4.09. The summed E-state index contributed by atoms with van der Waals surface area (Å²) in [6, 6.07) is 4.00. The van der Waals surface area contributed by atoms with E-state index in [0.29, 0.717) is 0 Å². The molecule has 2 aromatic rings. The van der Waals surface area contributed by atoms with Crippen LogP contribution in [-0.2, 0) is 0 Å². The van der Waals surface area contributed by atoms with Crippen LogP contribution in [0.4, 0.5) is 23.2 Å². The summed E-state index contributed by atoms with van der Waals surface area (Å²) in [5, 5.41) is 3.37. The lowest BCUT2D eigenvalue weighted by molar-refractivity contribution is -0.203. The van der Waals surface area contributed by atoms with E-state index in [1.807, 2.05) is 0 Å². The molecule has 8 heteroatoms. The number of aromatic nitrogens is 1. The number of nitrogens with zero attached hydrogens (tertiary/aromatic N) is 1. The monoisotopic (exact) mass is 290 g/mol. The average Bonchev–Trinajstić information content (AvgIpc) is 2.75. The van der Waals surface area contributed by atoms with Gasteiger partial charge in [-0.2, -0.15) is 13.2 Å². The van der Waals surface area contributed by atoms with Crippen LogP contribution in [0.2, 0.25) is 0 Å². The van der Waals surface area contributed by atoms with Crippen LogP contribution in [0.15, 0.2) is 28.8 Å². The summed E-state index contributed by atoms with van der Waals surface area (Å²) in [6.07, 6.45) is -7.17. The Morgan fingerprint density at radius 3 is 2.55 bits per heavy atom. The lowest BCUT2D eigenvalue weighted by atomic mass is 10.2. The largest absolute Gasteiger partial charge is 0.470 e. The maximum absolute atomic E-state index is 13.0. The first-order chi connectivity index (χ1) is 9.27. The SMILES string of the molecule is Cc1cc(C(Oc2cc(F)ccc2N)C(F)(F)F)on1. The summed E-state index contributed by atoms with van der Waals surface area (Å²) in [4.78, 5) is 0. The summed E-state index contributed by atoms with van der Waals surface area (Å²) in [6.45, 7) is 1.47. The van der Waals surface area contributed by atoms with E-state index in [2.05, 4.69) is 9.68 Å². The minimum atomic E-state index is -4.76. The van der Waals surface area contributed by atoms with Gasteiger partial charge in [-0.1, -0.05) is 5.16 Å². The molecule has 1 heterocycles. The van der Waals surface area contributed by atoms with E-state index in [9.17, 15) is 17.6 Å². The number of halogens is 4. The van der Waals surface area contributed by atoms with Crippen LogP contribution in [-0.4, -0.2) is 11.3 Å². The van der Waals surface area contributed by atoms with E-state index in [4.69, 9.17) is 10.5 Å². The summed E-state index contributed by atoms with van der Waals surface area (Å²) in [5.41, 5.74) is 5.61. The lowest BCUT2D eigenvalue weighted by Gasteiger charge is -2.20. The van der Waals surface area contributed by atoms with Gasteiger partial charge in [0.05, 0.1) is 11.4 Å². The summed E-state index contributed by atoms with van der Waals surface area (Å²) < 4.78 is 61.3. The third kappa shape index (κ3) is 3.01. The predicted molar refractivity (Wildman–Crippen MR) is 61.5 cm³/mol. The molecular formula is C12H10F4N2O2. The standard InChI is InChI=1S/C12H10F4N2O2/c1-6-4-10(20-18-6)11(12(14,15)16)19-9-5-7(13)2-3-8(9)17/h2-5,11H,17H2,1H3. The van der Waals surface area contributed by atoms with Crippen molar-refractivity contribution in [2.75, 3.05) is 5.73 Å². The van der Waals surface area contributed by atoms with E-state index in [1.165, 1.54) is 6.92 Å². The zero-order valence-electron chi connectivity index (χ0n) is 10.2. The van der Waals surface area contributed by atoms with Crippen LogP contribution in [0.25, 0.3) is 0 Å². The molecule has 0 aliphatic carbocycles. The molecule has 0 bridgehead atoms. The second kappa shape index (κ2) is 5.03. The first kappa shape index (κ1) is 14.2. The third-order valence-corrected chi connectivity index (χ3v) is 2.42. The van der Waals surface area contributed by atoms with Gasteiger partial charge in [-0.25, -0.2) is 4.39 Å². The Hall–Kier alpha value is -2.25. The number of rotatable bonds is 3. The van der Waals surface area contributed by atoms with E-state index < -0.39 is 29.6 Å². The van der Waals surface area contributed by atoms with Gasteiger partial charge >= 0.3 is 6.18 Å². The molecular weight excluding hydrogens is 280 g/mol. The fourth-order valence-electron chi connectivity index (χ4n) is 1.53. The summed E-state index contributed by atoms with van der Waals surface area (Å²) in [5.74, 6) is -1.70. The molecule has 0 spiro atoms. The Kier molecular flexibility index (Phi) is 3.56. The van der Waals surface area contributed by atoms with Crippen LogP contribution < -0.4 is 10.5 Å². The number of benzene rings is 1. The van der Waals surface area contributed by atoms with Gasteiger partial charge in [-0.3, -0.25) is 0 Å². The third-order valence-electron chi connectivity index (χ3n) is 2.42. The molecule has 0 saturated heterocycles. The highest BCUT2D eigenvalue weighted by Gasteiger charge is 2.46. The minimum absolute atomic E-state index is 0.114. The van der Waals surface area contributed by atoms with Gasteiger partial charge in [-0.15, -0.1) is 0 Å². The number of hydrogen-bond acceptors (Lipinski definition) is 4. The Morgan fingerprint density at radius 2 is 2.00 bits per heavy atom. The fourth-order valence-corrected chi connectivity index (χ4v) is 1.53. The number of nitrogens with two attached hydrogens (primary N) is 1. The number of anilines is 1. The topological polar surface area (TPSA) is 61.3 Å². The minimum Gasteiger partial charge on any atom is -0.470 e. The Bertz CT molecular complexity index is 610. The predicted octanol–water partition coefficient (Wildman–Crippen LogP) is 3.39. The molecule has 0 saturated carbocycles. The van der Waals surface area contributed by atoms with Crippen molar-refractivity contribution in [3.8, 4) is 5.75 Å². The number of ether oxygens (including phenoxy) is 1. The molecule has 108 valence electrons. The molecule has 1 aromatic heterocycles. The Balaban J connectivity index is 2.36. The number of aryl methyl sites for hydroxylation is 1.